The average Bonchev–Trinajstić information content (AvgIpc) is 3.52. The van der Waals surface area contributed by atoms with Gasteiger partial charge in [0.25, 0.3) is 5.69 Å². The number of hydrogen-bond donors (Lipinski definition) is 3. The fourth-order valence-corrected chi connectivity index (χ4v) is 6.36. The standard InChI is InChI=1S/C17H26N4O3Si.C17H28N4OSi/c1-13-16(14-6-8-15(9-7-14)21(22)23)17(18-2)19-20(13)12-24-10-11-25(3,4)5;1-13-16(14-6-8-15(18)9-7-14)17(19-2)20-21(13)12-22-10-11-23(3,4)5/h6-9H,10-12H2,1-5H3,(H,18,19);6-9H,10-12,18H2,1-5H3,(H,19,20). The molecular formula is C34H54N8O4Si2. The van der Waals surface area contributed by atoms with Crippen LogP contribution in [0.25, 0.3) is 22.3 Å². The highest BCUT2D eigenvalue weighted by Crippen LogP contribution is 2.33. The van der Waals surface area contributed by atoms with Crippen molar-refractivity contribution >= 4 is 39.2 Å². The van der Waals surface area contributed by atoms with E-state index in [1.165, 1.54) is 12.1 Å². The summed E-state index contributed by atoms with van der Waals surface area (Å²) >= 11 is 0. The molecule has 0 radical (unpaired) electrons. The molecule has 0 saturated carbocycles. The first-order valence-electron chi connectivity index (χ1n) is 16.3. The van der Waals surface area contributed by atoms with Crippen LogP contribution in [0.4, 0.5) is 23.0 Å². The van der Waals surface area contributed by atoms with Crippen LogP contribution < -0.4 is 16.4 Å². The van der Waals surface area contributed by atoms with E-state index in [-0.39, 0.29) is 5.69 Å². The molecule has 4 N–H and O–H groups in total. The SMILES string of the molecule is CNc1nn(COCC[Si](C)(C)C)c(C)c1-c1ccc(N)cc1.CNc1nn(COCC[Si](C)(C)C)c(C)c1-c1ccc([N+](=O)[O-])cc1. The molecule has 0 bridgehead atoms. The molecule has 0 aliphatic heterocycles. The zero-order chi connectivity index (χ0) is 35.6. The highest BCUT2D eigenvalue weighted by atomic mass is 28.3. The van der Waals surface area contributed by atoms with Crippen LogP contribution in [0.1, 0.15) is 11.4 Å². The molecule has 4 rings (SSSR count). The van der Waals surface area contributed by atoms with Gasteiger partial charge in [-0.2, -0.15) is 10.2 Å². The van der Waals surface area contributed by atoms with E-state index in [4.69, 9.17) is 15.2 Å². The van der Waals surface area contributed by atoms with Crippen LogP contribution in [0.5, 0.6) is 0 Å². The van der Waals surface area contributed by atoms with Gasteiger partial charge in [0.2, 0.25) is 0 Å². The van der Waals surface area contributed by atoms with Crippen molar-refractivity contribution in [3.63, 3.8) is 0 Å². The number of nitrogens with one attached hydrogen (secondary N) is 2. The molecule has 4 aromatic rings. The first-order chi connectivity index (χ1) is 22.5. The van der Waals surface area contributed by atoms with Crippen molar-refractivity contribution in [3.8, 4) is 22.3 Å². The van der Waals surface area contributed by atoms with Crippen molar-refractivity contribution in [2.24, 2.45) is 0 Å². The lowest BCUT2D eigenvalue weighted by Gasteiger charge is -2.15. The maximum atomic E-state index is 10.8. The minimum Gasteiger partial charge on any atom is -0.399 e. The van der Waals surface area contributed by atoms with E-state index in [0.29, 0.717) is 13.5 Å². The number of ether oxygens (including phenoxy) is 2. The Balaban J connectivity index is 0.000000261. The molecule has 0 saturated heterocycles. The smallest absolute Gasteiger partial charge is 0.269 e. The van der Waals surface area contributed by atoms with Crippen molar-refractivity contribution in [1.29, 1.82) is 0 Å². The van der Waals surface area contributed by atoms with Crippen molar-refractivity contribution in [2.45, 2.75) is 78.7 Å². The van der Waals surface area contributed by atoms with E-state index in [1.54, 1.807) is 12.1 Å². The number of nitrogens with zero attached hydrogens (tertiary/aromatic N) is 5. The third-order valence-electron chi connectivity index (χ3n) is 7.87. The molecule has 2 aromatic heterocycles. The Morgan fingerprint density at radius 3 is 1.44 bits per heavy atom. The van der Waals surface area contributed by atoms with Crippen LogP contribution in [0.3, 0.4) is 0 Å². The van der Waals surface area contributed by atoms with Gasteiger partial charge in [0.1, 0.15) is 13.5 Å². The second kappa shape index (κ2) is 16.9. The zero-order valence-corrected chi connectivity index (χ0v) is 32.3. The summed E-state index contributed by atoms with van der Waals surface area (Å²) in [5, 5.41) is 26.3. The summed E-state index contributed by atoms with van der Waals surface area (Å²) in [7, 11) is 1.53. The van der Waals surface area contributed by atoms with E-state index in [0.717, 1.165) is 76.3 Å². The normalized spacial score (nSPS) is 11.6. The molecule has 0 amide bonds. The zero-order valence-electron chi connectivity index (χ0n) is 30.3. The summed E-state index contributed by atoms with van der Waals surface area (Å²) in [6.45, 7) is 20.5. The van der Waals surface area contributed by atoms with Crippen molar-refractivity contribution < 1.29 is 14.4 Å². The summed E-state index contributed by atoms with van der Waals surface area (Å²) in [6, 6.07) is 16.7. The fourth-order valence-electron chi connectivity index (χ4n) is 4.84. The predicted octanol–water partition coefficient (Wildman–Crippen LogP) is 7.92. The molecule has 14 heteroatoms. The third kappa shape index (κ3) is 11.0. The number of nitro benzene ring substituents is 1. The van der Waals surface area contributed by atoms with Crippen molar-refractivity contribution in [3.05, 3.63) is 70.0 Å². The monoisotopic (exact) mass is 694 g/mol. The van der Waals surface area contributed by atoms with Gasteiger partial charge in [0.05, 0.1) is 4.92 Å². The number of nitrogens with two attached hydrogens (primary N) is 1. The minimum absolute atomic E-state index is 0.0782. The van der Waals surface area contributed by atoms with Gasteiger partial charge in [-0.15, -0.1) is 0 Å². The summed E-state index contributed by atoms with van der Waals surface area (Å²) in [5.74, 6) is 1.60. The van der Waals surface area contributed by atoms with Crippen molar-refractivity contribution in [1.82, 2.24) is 19.6 Å². The van der Waals surface area contributed by atoms with Gasteiger partial charge in [0, 0.05) is 83.8 Å². The quantitative estimate of drug-likeness (QED) is 0.0371. The highest BCUT2D eigenvalue weighted by molar-refractivity contribution is 6.76. The van der Waals surface area contributed by atoms with Gasteiger partial charge >= 0.3 is 0 Å². The van der Waals surface area contributed by atoms with E-state index in [2.05, 4.69) is 67.0 Å². The molecular weight excluding hydrogens is 641 g/mol. The summed E-state index contributed by atoms with van der Waals surface area (Å²) < 4.78 is 15.4. The van der Waals surface area contributed by atoms with Gasteiger partial charge in [-0.25, -0.2) is 9.36 Å². The topological polar surface area (TPSA) is 147 Å². The van der Waals surface area contributed by atoms with Gasteiger partial charge < -0.3 is 25.8 Å². The second-order valence-electron chi connectivity index (χ2n) is 14.2. The Morgan fingerprint density at radius 2 is 1.10 bits per heavy atom. The van der Waals surface area contributed by atoms with E-state index in [9.17, 15) is 10.1 Å². The van der Waals surface area contributed by atoms with Crippen LogP contribution in [0, 0.1) is 24.0 Å². The molecule has 2 heterocycles. The van der Waals surface area contributed by atoms with Gasteiger partial charge in [0.15, 0.2) is 11.6 Å². The summed E-state index contributed by atoms with van der Waals surface area (Å²) in [5.41, 5.74) is 12.7. The van der Waals surface area contributed by atoms with Gasteiger partial charge in [-0.1, -0.05) is 51.4 Å². The van der Waals surface area contributed by atoms with E-state index >= 15 is 0 Å². The first kappa shape index (κ1) is 38.5. The number of nitro groups is 1. The van der Waals surface area contributed by atoms with Crippen LogP contribution in [-0.4, -0.2) is 67.9 Å². The number of nitrogen functional groups attached to an aromatic ring is 1. The van der Waals surface area contributed by atoms with Crippen LogP contribution in [-0.2, 0) is 22.9 Å². The molecule has 0 fully saturated rings. The lowest BCUT2D eigenvalue weighted by atomic mass is 10.1. The number of aromatic nitrogens is 4. The average molecular weight is 695 g/mol. The second-order valence-corrected chi connectivity index (χ2v) is 25.5. The lowest BCUT2D eigenvalue weighted by Crippen LogP contribution is -2.22. The third-order valence-corrected chi connectivity index (χ3v) is 11.3. The van der Waals surface area contributed by atoms with Crippen LogP contribution in [0.15, 0.2) is 48.5 Å². The van der Waals surface area contributed by atoms with Crippen LogP contribution in [0.2, 0.25) is 51.4 Å². The Hall–Kier alpha value is -3.99. The number of hydrogen-bond acceptors (Lipinski definition) is 9. The molecule has 12 nitrogen and oxygen atoms in total. The number of rotatable bonds is 15. The first-order valence-corrected chi connectivity index (χ1v) is 23.7. The van der Waals surface area contributed by atoms with Crippen LogP contribution >= 0.6 is 0 Å². The number of benzene rings is 2. The molecule has 0 aliphatic carbocycles. The highest BCUT2D eigenvalue weighted by Gasteiger charge is 2.19. The molecule has 48 heavy (non-hydrogen) atoms. The Kier molecular flexibility index (Phi) is 13.5. The summed E-state index contributed by atoms with van der Waals surface area (Å²) in [4.78, 5) is 10.4. The molecule has 0 unspecified atom stereocenters. The number of non-ortho nitro benzene ring substituents is 1. The molecule has 2 aromatic carbocycles. The molecule has 0 atom stereocenters. The fraction of sp³-hybridized carbons (Fsp3) is 0.471. The number of anilines is 3. The predicted molar refractivity (Wildman–Crippen MR) is 203 cm³/mol. The maximum Gasteiger partial charge on any atom is 0.269 e. The van der Waals surface area contributed by atoms with E-state index in [1.807, 2.05) is 54.6 Å². The molecule has 0 aliphatic rings. The minimum atomic E-state index is -1.11. The maximum absolute atomic E-state index is 10.8. The van der Waals surface area contributed by atoms with Gasteiger partial charge in [-0.05, 0) is 61.3 Å². The summed E-state index contributed by atoms with van der Waals surface area (Å²) in [6.07, 6.45) is 0. The van der Waals surface area contributed by atoms with E-state index < -0.39 is 21.1 Å². The van der Waals surface area contributed by atoms with Gasteiger partial charge in [-0.3, -0.25) is 10.1 Å². The molecule has 262 valence electrons. The Labute approximate surface area is 287 Å². The largest absolute Gasteiger partial charge is 0.399 e. The molecule has 0 spiro atoms. The van der Waals surface area contributed by atoms with Crippen molar-refractivity contribution in [2.75, 3.05) is 43.7 Å². The lowest BCUT2D eigenvalue weighted by molar-refractivity contribution is -0.384. The Bertz CT molecular complexity index is 1620. The Morgan fingerprint density at radius 1 is 0.729 bits per heavy atom.